The summed E-state index contributed by atoms with van der Waals surface area (Å²) in [6.45, 7) is 0. The SMILES string of the molecule is O=C(Cl)C1CCCCC1[N+](=O)[O-]. The summed E-state index contributed by atoms with van der Waals surface area (Å²) in [5.74, 6) is -0.560. The first kappa shape index (κ1) is 9.45. The fraction of sp³-hybridized carbons (Fsp3) is 0.857. The van der Waals surface area contributed by atoms with Crippen LogP contribution in [0.2, 0.25) is 0 Å². The first-order valence-corrected chi connectivity index (χ1v) is 4.33. The minimum absolute atomic E-state index is 0.385. The lowest BCUT2D eigenvalue weighted by Crippen LogP contribution is -2.35. The number of hydrogen-bond acceptors (Lipinski definition) is 3. The van der Waals surface area contributed by atoms with Crippen molar-refractivity contribution in [2.75, 3.05) is 0 Å². The predicted octanol–water partition coefficient (Wildman–Crippen LogP) is 1.59. The number of rotatable bonds is 2. The number of hydrogen-bond donors (Lipinski definition) is 0. The second-order valence-electron chi connectivity index (χ2n) is 3.05. The van der Waals surface area contributed by atoms with Gasteiger partial charge >= 0.3 is 0 Å². The van der Waals surface area contributed by atoms with Gasteiger partial charge in [-0.25, -0.2) is 0 Å². The molecule has 0 heterocycles. The summed E-state index contributed by atoms with van der Waals surface area (Å²) in [5.41, 5.74) is 0. The van der Waals surface area contributed by atoms with E-state index in [0.29, 0.717) is 12.8 Å². The Morgan fingerprint density at radius 1 is 1.42 bits per heavy atom. The minimum atomic E-state index is -0.747. The summed E-state index contributed by atoms with van der Waals surface area (Å²) in [4.78, 5) is 20.9. The highest BCUT2D eigenvalue weighted by Crippen LogP contribution is 2.27. The third-order valence-corrected chi connectivity index (χ3v) is 2.57. The van der Waals surface area contributed by atoms with E-state index in [0.717, 1.165) is 12.8 Å². The Kier molecular flexibility index (Phi) is 3.03. The van der Waals surface area contributed by atoms with Crippen molar-refractivity contribution in [3.63, 3.8) is 0 Å². The largest absolute Gasteiger partial charge is 0.281 e. The molecule has 0 N–H and O–H groups in total. The first-order chi connectivity index (χ1) is 5.63. The molecule has 5 heteroatoms. The van der Waals surface area contributed by atoms with Crippen molar-refractivity contribution in [1.82, 2.24) is 0 Å². The highest BCUT2D eigenvalue weighted by Gasteiger charge is 2.37. The van der Waals surface area contributed by atoms with Crippen molar-refractivity contribution < 1.29 is 9.72 Å². The summed E-state index contributed by atoms with van der Waals surface area (Å²) in [6, 6.07) is -0.747. The summed E-state index contributed by atoms with van der Waals surface area (Å²) >= 11 is 5.25. The van der Waals surface area contributed by atoms with Gasteiger partial charge in [0, 0.05) is 11.3 Å². The topological polar surface area (TPSA) is 60.2 Å². The summed E-state index contributed by atoms with van der Waals surface area (Å²) < 4.78 is 0. The second kappa shape index (κ2) is 3.85. The van der Waals surface area contributed by atoms with E-state index in [4.69, 9.17) is 11.6 Å². The van der Waals surface area contributed by atoms with Gasteiger partial charge in [0.1, 0.15) is 5.92 Å². The average Bonchev–Trinajstić information content (AvgIpc) is 2.04. The van der Waals surface area contributed by atoms with Crippen LogP contribution >= 0.6 is 11.6 Å². The van der Waals surface area contributed by atoms with Gasteiger partial charge < -0.3 is 0 Å². The number of carbonyl (C=O) groups excluding carboxylic acids is 1. The first-order valence-electron chi connectivity index (χ1n) is 3.95. The monoisotopic (exact) mass is 191 g/mol. The molecule has 1 fully saturated rings. The smallest absolute Gasteiger partial charge is 0.231 e. The van der Waals surface area contributed by atoms with Crippen LogP contribution in [0.15, 0.2) is 0 Å². The summed E-state index contributed by atoms with van der Waals surface area (Å²) in [6.07, 6.45) is 2.74. The standard InChI is InChI=1S/C7H10ClNO3/c8-7(10)5-3-1-2-4-6(5)9(11)12/h5-6H,1-4H2. The van der Waals surface area contributed by atoms with Gasteiger partial charge in [0.05, 0.1) is 0 Å². The molecule has 4 nitrogen and oxygen atoms in total. The molecular weight excluding hydrogens is 182 g/mol. The van der Waals surface area contributed by atoms with E-state index >= 15 is 0 Å². The maximum atomic E-state index is 10.8. The lowest BCUT2D eigenvalue weighted by atomic mass is 9.86. The molecule has 1 rings (SSSR count). The molecule has 0 aromatic heterocycles. The van der Waals surface area contributed by atoms with E-state index in [1.807, 2.05) is 0 Å². The molecular formula is C7H10ClNO3. The second-order valence-corrected chi connectivity index (χ2v) is 3.42. The van der Waals surface area contributed by atoms with Crippen molar-refractivity contribution in [3.8, 4) is 0 Å². The van der Waals surface area contributed by atoms with Crippen LogP contribution in [0.3, 0.4) is 0 Å². The molecule has 68 valence electrons. The maximum absolute atomic E-state index is 10.8. The highest BCUT2D eigenvalue weighted by atomic mass is 35.5. The van der Waals surface area contributed by atoms with Crippen LogP contribution in [0.4, 0.5) is 0 Å². The molecule has 0 spiro atoms. The van der Waals surface area contributed by atoms with Crippen LogP contribution < -0.4 is 0 Å². The van der Waals surface area contributed by atoms with Crippen LogP contribution in [0.1, 0.15) is 25.7 Å². The molecule has 1 saturated carbocycles. The lowest BCUT2D eigenvalue weighted by molar-refractivity contribution is -0.532. The average molecular weight is 192 g/mol. The molecule has 0 bridgehead atoms. The van der Waals surface area contributed by atoms with Crippen LogP contribution in [0.25, 0.3) is 0 Å². The van der Waals surface area contributed by atoms with E-state index in [9.17, 15) is 14.9 Å². The molecule has 0 aromatic rings. The van der Waals surface area contributed by atoms with E-state index in [-0.39, 0.29) is 4.92 Å². The van der Waals surface area contributed by atoms with Gasteiger partial charge in [-0.15, -0.1) is 0 Å². The Balaban J connectivity index is 2.67. The van der Waals surface area contributed by atoms with Crippen LogP contribution in [-0.4, -0.2) is 16.2 Å². The maximum Gasteiger partial charge on any atom is 0.231 e. The zero-order chi connectivity index (χ0) is 9.14. The molecule has 0 amide bonds. The van der Waals surface area contributed by atoms with Gasteiger partial charge in [-0.05, 0) is 24.4 Å². The molecule has 0 aromatic carbocycles. The third kappa shape index (κ3) is 1.94. The molecule has 2 atom stereocenters. The van der Waals surface area contributed by atoms with Gasteiger partial charge in [-0.1, -0.05) is 6.42 Å². The number of nitrogens with zero attached hydrogens (tertiary/aromatic N) is 1. The van der Waals surface area contributed by atoms with Crippen molar-refractivity contribution >= 4 is 16.8 Å². The van der Waals surface area contributed by atoms with Crippen LogP contribution in [0, 0.1) is 16.0 Å². The normalized spacial score (nSPS) is 29.8. The molecule has 2 unspecified atom stereocenters. The van der Waals surface area contributed by atoms with Crippen LogP contribution in [0.5, 0.6) is 0 Å². The van der Waals surface area contributed by atoms with Gasteiger partial charge in [0.2, 0.25) is 11.3 Å². The fourth-order valence-electron chi connectivity index (χ4n) is 1.63. The molecule has 1 aliphatic rings. The zero-order valence-electron chi connectivity index (χ0n) is 6.53. The molecule has 0 aliphatic heterocycles. The molecule has 12 heavy (non-hydrogen) atoms. The van der Waals surface area contributed by atoms with Crippen molar-refractivity contribution in [3.05, 3.63) is 10.1 Å². The Labute approximate surface area is 75.0 Å². The Hall–Kier alpha value is -0.640. The lowest BCUT2D eigenvalue weighted by Gasteiger charge is -2.21. The van der Waals surface area contributed by atoms with Gasteiger partial charge in [-0.2, -0.15) is 0 Å². The molecule has 1 aliphatic carbocycles. The summed E-state index contributed by atoms with van der Waals surface area (Å²) in [5, 5.41) is 9.91. The Morgan fingerprint density at radius 3 is 2.42 bits per heavy atom. The van der Waals surface area contributed by atoms with E-state index in [1.54, 1.807) is 0 Å². The van der Waals surface area contributed by atoms with Crippen molar-refractivity contribution in [2.24, 2.45) is 5.92 Å². The van der Waals surface area contributed by atoms with Crippen molar-refractivity contribution in [1.29, 1.82) is 0 Å². The van der Waals surface area contributed by atoms with Gasteiger partial charge in [0.15, 0.2) is 0 Å². The molecule has 0 radical (unpaired) electrons. The van der Waals surface area contributed by atoms with Crippen molar-refractivity contribution in [2.45, 2.75) is 31.7 Å². The van der Waals surface area contributed by atoms with E-state index in [2.05, 4.69) is 0 Å². The number of carbonyl (C=O) groups is 1. The minimum Gasteiger partial charge on any atom is -0.281 e. The van der Waals surface area contributed by atoms with E-state index in [1.165, 1.54) is 0 Å². The van der Waals surface area contributed by atoms with E-state index < -0.39 is 17.2 Å². The quantitative estimate of drug-likeness (QED) is 0.378. The summed E-state index contributed by atoms with van der Waals surface area (Å²) in [7, 11) is 0. The van der Waals surface area contributed by atoms with Gasteiger partial charge in [0.25, 0.3) is 0 Å². The highest BCUT2D eigenvalue weighted by molar-refractivity contribution is 6.64. The number of nitro groups is 1. The predicted molar refractivity (Wildman–Crippen MR) is 43.6 cm³/mol. The Morgan fingerprint density at radius 2 is 2.00 bits per heavy atom. The fourth-order valence-corrected chi connectivity index (χ4v) is 1.88. The van der Waals surface area contributed by atoms with Gasteiger partial charge in [-0.3, -0.25) is 14.9 Å². The number of halogens is 1. The molecule has 0 saturated heterocycles. The third-order valence-electron chi connectivity index (χ3n) is 2.29. The zero-order valence-corrected chi connectivity index (χ0v) is 7.29. The van der Waals surface area contributed by atoms with Crippen LogP contribution in [-0.2, 0) is 4.79 Å². The Bertz CT molecular complexity index is 185.